The molecule has 0 aliphatic rings. The highest BCUT2D eigenvalue weighted by molar-refractivity contribution is 7.84. The zero-order valence-electron chi connectivity index (χ0n) is 10.0. The molecule has 2 unspecified atom stereocenters. The van der Waals surface area contributed by atoms with Crippen LogP contribution in [0.3, 0.4) is 0 Å². The van der Waals surface area contributed by atoms with E-state index in [0.29, 0.717) is 11.6 Å². The average molecular weight is 278 g/mol. The molecule has 5 heteroatoms. The van der Waals surface area contributed by atoms with E-state index in [-0.39, 0.29) is 11.1 Å². The fraction of sp³-hybridized carbons (Fsp3) is 0.500. The third kappa shape index (κ3) is 5.15. The molecular formula is C12H17ClFNOS. The number of nitrogens with one attached hydrogen (secondary N) is 1. The average Bonchev–Trinajstić information content (AvgIpc) is 2.28. The molecule has 2 atom stereocenters. The minimum atomic E-state index is -0.792. The minimum absolute atomic E-state index is 0.172. The predicted octanol–water partition coefficient (Wildman–Crippen LogP) is 2.73. The number of benzene rings is 1. The highest BCUT2D eigenvalue weighted by Gasteiger charge is 2.06. The molecule has 1 N–H and O–H groups in total. The maximum atomic E-state index is 13.0. The van der Waals surface area contributed by atoms with E-state index in [1.54, 1.807) is 12.3 Å². The lowest BCUT2D eigenvalue weighted by Crippen LogP contribution is -2.21. The van der Waals surface area contributed by atoms with Crippen LogP contribution in [-0.2, 0) is 17.3 Å². The summed E-state index contributed by atoms with van der Waals surface area (Å²) in [7, 11) is -0.792. The topological polar surface area (TPSA) is 29.1 Å². The van der Waals surface area contributed by atoms with Gasteiger partial charge in [0.2, 0.25) is 0 Å². The van der Waals surface area contributed by atoms with E-state index in [9.17, 15) is 8.60 Å². The normalized spacial score (nSPS) is 14.6. The standard InChI is InChI=1S/C12H17ClFNOS/c1-9(17(2)16)5-6-15-8-10-7-11(14)3-4-12(10)13/h3-4,7,9,15H,5-6,8H2,1-2H3. The van der Waals surface area contributed by atoms with Crippen molar-refractivity contribution in [3.05, 3.63) is 34.6 Å². The lowest BCUT2D eigenvalue weighted by molar-refractivity contribution is 0.612. The Morgan fingerprint density at radius 1 is 1.53 bits per heavy atom. The Hall–Kier alpha value is -0.450. The van der Waals surface area contributed by atoms with Crippen molar-refractivity contribution < 1.29 is 8.60 Å². The molecule has 0 saturated heterocycles. The van der Waals surface area contributed by atoms with E-state index in [1.165, 1.54) is 12.1 Å². The Balaban J connectivity index is 2.36. The van der Waals surface area contributed by atoms with Gasteiger partial charge in [-0.3, -0.25) is 4.21 Å². The zero-order chi connectivity index (χ0) is 12.8. The molecule has 2 nitrogen and oxygen atoms in total. The van der Waals surface area contributed by atoms with Crippen LogP contribution in [0.5, 0.6) is 0 Å². The summed E-state index contributed by atoms with van der Waals surface area (Å²) in [5.74, 6) is -0.283. The second kappa shape index (κ2) is 7.09. The van der Waals surface area contributed by atoms with Gasteiger partial charge in [0.05, 0.1) is 0 Å². The molecule has 96 valence electrons. The van der Waals surface area contributed by atoms with Crippen LogP contribution >= 0.6 is 11.6 Å². The van der Waals surface area contributed by atoms with E-state index in [4.69, 9.17) is 11.6 Å². The van der Waals surface area contributed by atoms with Crippen molar-refractivity contribution in [2.24, 2.45) is 0 Å². The Kier molecular flexibility index (Phi) is 6.09. The minimum Gasteiger partial charge on any atom is -0.313 e. The van der Waals surface area contributed by atoms with E-state index < -0.39 is 10.8 Å². The van der Waals surface area contributed by atoms with Crippen LogP contribution in [-0.4, -0.2) is 22.3 Å². The van der Waals surface area contributed by atoms with Crippen LogP contribution in [0.4, 0.5) is 4.39 Å². The van der Waals surface area contributed by atoms with Gasteiger partial charge in [0.25, 0.3) is 0 Å². The maximum absolute atomic E-state index is 13.0. The summed E-state index contributed by atoms with van der Waals surface area (Å²) in [5, 5.41) is 3.90. The largest absolute Gasteiger partial charge is 0.313 e. The molecule has 0 aliphatic heterocycles. The quantitative estimate of drug-likeness (QED) is 0.810. The first kappa shape index (κ1) is 14.6. The Bertz CT molecular complexity index is 400. The molecule has 0 aromatic heterocycles. The van der Waals surface area contributed by atoms with Crippen molar-refractivity contribution in [2.75, 3.05) is 12.8 Å². The molecule has 0 aliphatic carbocycles. The van der Waals surface area contributed by atoms with Gasteiger partial charge in [-0.2, -0.15) is 0 Å². The highest BCUT2D eigenvalue weighted by Crippen LogP contribution is 2.16. The second-order valence-corrected chi connectivity index (χ2v) is 6.22. The number of rotatable bonds is 6. The van der Waals surface area contributed by atoms with Crippen LogP contribution in [0.15, 0.2) is 18.2 Å². The molecule has 1 aromatic carbocycles. The highest BCUT2D eigenvalue weighted by atomic mass is 35.5. The summed E-state index contributed by atoms with van der Waals surface area (Å²) in [4.78, 5) is 0. The van der Waals surface area contributed by atoms with Gasteiger partial charge in [0, 0.05) is 33.9 Å². The van der Waals surface area contributed by atoms with E-state index >= 15 is 0 Å². The Morgan fingerprint density at radius 2 is 2.24 bits per heavy atom. The van der Waals surface area contributed by atoms with Gasteiger partial charge < -0.3 is 5.32 Å². The third-order valence-electron chi connectivity index (χ3n) is 2.62. The van der Waals surface area contributed by atoms with Gasteiger partial charge in [-0.25, -0.2) is 4.39 Å². The molecule has 17 heavy (non-hydrogen) atoms. The molecular weight excluding hydrogens is 261 g/mol. The van der Waals surface area contributed by atoms with Crippen LogP contribution in [0.1, 0.15) is 18.9 Å². The van der Waals surface area contributed by atoms with Crippen molar-refractivity contribution >= 4 is 22.4 Å². The number of hydrogen-bond donors (Lipinski definition) is 1. The van der Waals surface area contributed by atoms with Crippen molar-refractivity contribution in [3.8, 4) is 0 Å². The Morgan fingerprint density at radius 3 is 2.88 bits per heavy atom. The fourth-order valence-electron chi connectivity index (χ4n) is 1.37. The molecule has 1 rings (SSSR count). The first-order valence-electron chi connectivity index (χ1n) is 5.47. The van der Waals surface area contributed by atoms with Crippen LogP contribution in [0.25, 0.3) is 0 Å². The maximum Gasteiger partial charge on any atom is 0.123 e. The summed E-state index contributed by atoms with van der Waals surface area (Å²) < 4.78 is 24.1. The van der Waals surface area contributed by atoms with Crippen LogP contribution in [0, 0.1) is 5.82 Å². The van der Waals surface area contributed by atoms with E-state index in [0.717, 1.165) is 18.5 Å². The molecule has 0 heterocycles. The molecule has 1 aromatic rings. The van der Waals surface area contributed by atoms with Crippen molar-refractivity contribution in [1.29, 1.82) is 0 Å². The van der Waals surface area contributed by atoms with Crippen LogP contribution < -0.4 is 5.32 Å². The van der Waals surface area contributed by atoms with Crippen molar-refractivity contribution in [2.45, 2.75) is 25.1 Å². The van der Waals surface area contributed by atoms with Crippen molar-refractivity contribution in [1.82, 2.24) is 5.32 Å². The van der Waals surface area contributed by atoms with Crippen molar-refractivity contribution in [3.63, 3.8) is 0 Å². The van der Waals surface area contributed by atoms with Gasteiger partial charge >= 0.3 is 0 Å². The monoisotopic (exact) mass is 277 g/mol. The molecule has 0 radical (unpaired) electrons. The van der Waals surface area contributed by atoms with E-state index in [1.807, 2.05) is 6.92 Å². The third-order valence-corrected chi connectivity index (χ3v) is 4.36. The molecule has 0 spiro atoms. The van der Waals surface area contributed by atoms with Gasteiger partial charge in [-0.15, -0.1) is 0 Å². The smallest absolute Gasteiger partial charge is 0.123 e. The van der Waals surface area contributed by atoms with Gasteiger partial charge in [0.15, 0.2) is 0 Å². The SMILES string of the molecule is CC(CCNCc1cc(F)ccc1Cl)S(C)=O. The molecule has 0 saturated carbocycles. The van der Waals surface area contributed by atoms with Gasteiger partial charge in [-0.05, 0) is 36.7 Å². The summed E-state index contributed by atoms with van der Waals surface area (Å²) in [5.41, 5.74) is 0.747. The van der Waals surface area contributed by atoms with Crippen LogP contribution in [0.2, 0.25) is 5.02 Å². The van der Waals surface area contributed by atoms with E-state index in [2.05, 4.69) is 5.32 Å². The van der Waals surface area contributed by atoms with Gasteiger partial charge in [0.1, 0.15) is 5.82 Å². The second-order valence-electron chi connectivity index (χ2n) is 4.01. The Labute approximate surface area is 109 Å². The molecule has 0 amide bonds. The summed E-state index contributed by atoms with van der Waals surface area (Å²) in [6.45, 7) is 3.22. The first-order chi connectivity index (χ1) is 8.00. The summed E-state index contributed by atoms with van der Waals surface area (Å²) >= 11 is 5.93. The lowest BCUT2D eigenvalue weighted by Gasteiger charge is -2.10. The zero-order valence-corrected chi connectivity index (χ0v) is 11.6. The molecule has 0 fully saturated rings. The number of halogens is 2. The first-order valence-corrected chi connectivity index (χ1v) is 7.47. The lowest BCUT2D eigenvalue weighted by atomic mass is 10.2. The van der Waals surface area contributed by atoms with Gasteiger partial charge in [-0.1, -0.05) is 18.5 Å². The summed E-state index contributed by atoms with van der Waals surface area (Å²) in [6, 6.07) is 4.32. The fourth-order valence-corrected chi connectivity index (χ4v) is 2.01. The number of hydrogen-bond acceptors (Lipinski definition) is 2. The predicted molar refractivity (Wildman–Crippen MR) is 71.3 cm³/mol. The molecule has 0 bridgehead atoms. The summed E-state index contributed by atoms with van der Waals surface area (Å²) in [6.07, 6.45) is 2.53.